The molecular formula is C24H21ClN2O. The van der Waals surface area contributed by atoms with E-state index in [1.807, 2.05) is 48.5 Å². The minimum absolute atomic E-state index is 0.0202. The Kier molecular flexibility index (Phi) is 5.54. The number of aromatic nitrogens is 2. The fourth-order valence-electron chi connectivity index (χ4n) is 3.52. The monoisotopic (exact) mass is 388 g/mol. The lowest BCUT2D eigenvalue weighted by molar-refractivity contribution is 0.606. The fourth-order valence-corrected chi connectivity index (χ4v) is 3.71. The van der Waals surface area contributed by atoms with Crippen LogP contribution in [0.3, 0.4) is 0 Å². The second-order valence-corrected chi connectivity index (χ2v) is 7.32. The average molecular weight is 389 g/mol. The van der Waals surface area contributed by atoms with Gasteiger partial charge >= 0.3 is 0 Å². The first-order valence-electron chi connectivity index (χ1n) is 9.51. The third-order valence-corrected chi connectivity index (χ3v) is 5.16. The number of hydrogen-bond acceptors (Lipinski definition) is 2. The van der Waals surface area contributed by atoms with Crippen LogP contribution in [0.15, 0.2) is 83.8 Å². The van der Waals surface area contributed by atoms with Gasteiger partial charge in [-0.25, -0.2) is 4.98 Å². The molecule has 140 valence electrons. The van der Waals surface area contributed by atoms with Gasteiger partial charge in [0, 0.05) is 28.7 Å². The van der Waals surface area contributed by atoms with Gasteiger partial charge in [0.25, 0.3) is 5.56 Å². The lowest BCUT2D eigenvalue weighted by atomic mass is 10.1. The van der Waals surface area contributed by atoms with Crippen molar-refractivity contribution in [1.29, 1.82) is 0 Å². The highest BCUT2D eigenvalue weighted by Gasteiger charge is 2.12. The van der Waals surface area contributed by atoms with Gasteiger partial charge in [0.1, 0.15) is 5.65 Å². The number of hydrogen-bond donors (Lipinski definition) is 0. The molecule has 0 unspecified atom stereocenters. The van der Waals surface area contributed by atoms with Crippen LogP contribution in [-0.4, -0.2) is 9.55 Å². The molecule has 0 aliphatic heterocycles. The highest BCUT2D eigenvalue weighted by atomic mass is 35.5. The summed E-state index contributed by atoms with van der Waals surface area (Å²) in [5.74, 6) is 0. The van der Waals surface area contributed by atoms with Gasteiger partial charge in [-0.3, -0.25) is 9.36 Å². The zero-order valence-corrected chi connectivity index (χ0v) is 16.3. The van der Waals surface area contributed by atoms with Crippen molar-refractivity contribution in [1.82, 2.24) is 9.55 Å². The quantitative estimate of drug-likeness (QED) is 0.395. The first-order valence-corrected chi connectivity index (χ1v) is 9.88. The minimum Gasteiger partial charge on any atom is -0.292 e. The van der Waals surface area contributed by atoms with Crippen LogP contribution in [-0.2, 0) is 13.0 Å². The predicted octanol–water partition coefficient (Wildman–Crippen LogP) is 5.74. The first kappa shape index (κ1) is 18.5. The molecule has 0 bridgehead atoms. The normalized spacial score (nSPS) is 11.0. The summed E-state index contributed by atoms with van der Waals surface area (Å²) >= 11 is 6.14. The van der Waals surface area contributed by atoms with Crippen molar-refractivity contribution in [3.8, 4) is 11.1 Å². The van der Waals surface area contributed by atoms with E-state index in [0.717, 1.165) is 35.9 Å². The summed E-state index contributed by atoms with van der Waals surface area (Å²) < 4.78 is 1.80. The van der Waals surface area contributed by atoms with Gasteiger partial charge in [-0.1, -0.05) is 54.1 Å². The Labute approximate surface area is 169 Å². The Hall–Kier alpha value is -2.91. The van der Waals surface area contributed by atoms with Crippen LogP contribution in [0.1, 0.15) is 18.4 Å². The molecule has 3 nitrogen and oxygen atoms in total. The third-order valence-electron chi connectivity index (χ3n) is 4.92. The van der Waals surface area contributed by atoms with Gasteiger partial charge in [-0.2, -0.15) is 0 Å². The van der Waals surface area contributed by atoms with Crippen LogP contribution < -0.4 is 5.56 Å². The molecule has 0 aliphatic carbocycles. The van der Waals surface area contributed by atoms with E-state index in [4.69, 9.17) is 11.6 Å². The Balaban J connectivity index is 1.64. The van der Waals surface area contributed by atoms with Crippen LogP contribution in [0.2, 0.25) is 5.02 Å². The number of fused-ring (bicyclic) bond motifs is 1. The third kappa shape index (κ3) is 4.00. The van der Waals surface area contributed by atoms with Gasteiger partial charge in [-0.15, -0.1) is 0 Å². The second-order valence-electron chi connectivity index (χ2n) is 6.88. The number of benzene rings is 2. The van der Waals surface area contributed by atoms with Gasteiger partial charge in [0.05, 0.1) is 0 Å². The summed E-state index contributed by atoms with van der Waals surface area (Å²) in [5.41, 5.74) is 3.53. The lowest BCUT2D eigenvalue weighted by Crippen LogP contribution is -2.23. The van der Waals surface area contributed by atoms with Crippen molar-refractivity contribution in [3.05, 3.63) is 99.9 Å². The van der Waals surface area contributed by atoms with E-state index in [2.05, 4.69) is 29.2 Å². The Morgan fingerprint density at radius 1 is 0.893 bits per heavy atom. The van der Waals surface area contributed by atoms with Gasteiger partial charge in [-0.05, 0) is 60.7 Å². The summed E-state index contributed by atoms with van der Waals surface area (Å²) in [7, 11) is 0. The molecule has 2 aromatic heterocycles. The van der Waals surface area contributed by atoms with Crippen LogP contribution in [0.5, 0.6) is 0 Å². The number of halogens is 1. The van der Waals surface area contributed by atoms with Crippen LogP contribution >= 0.6 is 11.6 Å². The maximum Gasteiger partial charge on any atom is 0.260 e. The molecule has 0 saturated heterocycles. The smallest absolute Gasteiger partial charge is 0.260 e. The molecule has 0 N–H and O–H groups in total. The van der Waals surface area contributed by atoms with Crippen LogP contribution in [0, 0.1) is 0 Å². The molecule has 4 rings (SSSR count). The molecule has 28 heavy (non-hydrogen) atoms. The van der Waals surface area contributed by atoms with Crippen molar-refractivity contribution >= 4 is 22.6 Å². The largest absolute Gasteiger partial charge is 0.292 e. The topological polar surface area (TPSA) is 34.9 Å². The van der Waals surface area contributed by atoms with Crippen molar-refractivity contribution in [2.75, 3.05) is 0 Å². The summed E-state index contributed by atoms with van der Waals surface area (Å²) in [6.07, 6.45) is 4.68. The van der Waals surface area contributed by atoms with E-state index in [9.17, 15) is 4.79 Å². The number of aryl methyl sites for hydroxylation is 2. The molecule has 0 atom stereocenters. The van der Waals surface area contributed by atoms with E-state index < -0.39 is 0 Å². The van der Waals surface area contributed by atoms with E-state index >= 15 is 0 Å². The maximum atomic E-state index is 13.2. The Morgan fingerprint density at radius 2 is 1.75 bits per heavy atom. The molecule has 0 spiro atoms. The van der Waals surface area contributed by atoms with E-state index in [-0.39, 0.29) is 5.56 Å². The van der Waals surface area contributed by atoms with Gasteiger partial charge in [0.15, 0.2) is 0 Å². The predicted molar refractivity (Wildman–Crippen MR) is 116 cm³/mol. The number of nitrogens with zero attached hydrogens (tertiary/aromatic N) is 2. The highest BCUT2D eigenvalue weighted by molar-refractivity contribution is 6.30. The average Bonchev–Trinajstić information content (AvgIpc) is 2.73. The molecule has 0 fully saturated rings. The van der Waals surface area contributed by atoms with Crippen molar-refractivity contribution < 1.29 is 0 Å². The van der Waals surface area contributed by atoms with E-state index in [1.54, 1.807) is 10.8 Å². The molecule has 0 saturated carbocycles. The molecule has 0 radical (unpaired) electrons. The molecule has 2 aromatic carbocycles. The standard InChI is InChI=1S/C24H21ClN2O/c25-21-13-6-11-19(16-21)22-17-20-12-7-14-26-23(20)27(24(22)28)15-5-4-10-18-8-2-1-3-9-18/h1-3,6-9,11-14,16-17H,4-5,10,15H2. The number of pyridine rings is 2. The van der Waals surface area contributed by atoms with Crippen molar-refractivity contribution in [3.63, 3.8) is 0 Å². The highest BCUT2D eigenvalue weighted by Crippen LogP contribution is 2.23. The molecule has 4 heteroatoms. The zero-order valence-electron chi connectivity index (χ0n) is 15.5. The summed E-state index contributed by atoms with van der Waals surface area (Å²) in [6, 6.07) is 23.7. The van der Waals surface area contributed by atoms with Crippen molar-refractivity contribution in [2.45, 2.75) is 25.8 Å². The van der Waals surface area contributed by atoms with Crippen molar-refractivity contribution in [2.24, 2.45) is 0 Å². The summed E-state index contributed by atoms with van der Waals surface area (Å²) in [4.78, 5) is 17.7. The molecule has 4 aromatic rings. The second kappa shape index (κ2) is 8.41. The molecular weight excluding hydrogens is 368 g/mol. The Bertz CT molecular complexity index is 1150. The Morgan fingerprint density at radius 3 is 2.57 bits per heavy atom. The number of unbranched alkanes of at least 4 members (excludes halogenated alkanes) is 1. The van der Waals surface area contributed by atoms with Gasteiger partial charge < -0.3 is 0 Å². The summed E-state index contributed by atoms with van der Waals surface area (Å²) in [6.45, 7) is 0.646. The molecule has 0 aliphatic rings. The number of rotatable bonds is 6. The van der Waals surface area contributed by atoms with Crippen LogP contribution in [0.4, 0.5) is 0 Å². The van der Waals surface area contributed by atoms with E-state index in [1.165, 1.54) is 5.56 Å². The lowest BCUT2D eigenvalue weighted by Gasteiger charge is -2.12. The van der Waals surface area contributed by atoms with E-state index in [0.29, 0.717) is 17.1 Å². The van der Waals surface area contributed by atoms with Gasteiger partial charge in [0.2, 0.25) is 0 Å². The zero-order chi connectivity index (χ0) is 19.3. The fraction of sp³-hybridized carbons (Fsp3) is 0.167. The minimum atomic E-state index is -0.0202. The maximum absolute atomic E-state index is 13.2. The molecule has 0 amide bonds. The molecule has 2 heterocycles. The van der Waals surface area contributed by atoms with Crippen LogP contribution in [0.25, 0.3) is 22.2 Å². The summed E-state index contributed by atoms with van der Waals surface area (Å²) in [5, 5.41) is 1.58. The SMILES string of the molecule is O=c1c(-c2cccc(Cl)c2)cc2cccnc2n1CCCCc1ccccc1. The first-order chi connectivity index (χ1) is 13.7.